The molecule has 1 heterocycles. The number of carbonyl (C=O) groups excluding carboxylic acids is 1. The van der Waals surface area contributed by atoms with Crippen LogP contribution in [0, 0.1) is 0 Å². The van der Waals surface area contributed by atoms with Crippen molar-refractivity contribution in [3.63, 3.8) is 0 Å². The summed E-state index contributed by atoms with van der Waals surface area (Å²) in [5.41, 5.74) is 2.02. The Bertz CT molecular complexity index is 674. The highest BCUT2D eigenvalue weighted by molar-refractivity contribution is 6.04. The smallest absolute Gasteiger partial charge is 0.255 e. The van der Waals surface area contributed by atoms with Crippen LogP contribution < -0.4 is 5.32 Å². The molecule has 0 spiro atoms. The summed E-state index contributed by atoms with van der Waals surface area (Å²) in [6.45, 7) is -0.226. The van der Waals surface area contributed by atoms with Gasteiger partial charge in [-0.1, -0.05) is 36.4 Å². The van der Waals surface area contributed by atoms with E-state index in [1.54, 1.807) is 18.2 Å². The van der Waals surface area contributed by atoms with E-state index in [0.717, 1.165) is 5.56 Å². The first kappa shape index (κ1) is 15.7. The van der Waals surface area contributed by atoms with E-state index in [0.29, 0.717) is 17.7 Å². The number of rotatable bonds is 4. The lowest BCUT2D eigenvalue weighted by Crippen LogP contribution is -2.24. The van der Waals surface area contributed by atoms with E-state index in [-0.39, 0.29) is 18.6 Å². The van der Waals surface area contributed by atoms with Gasteiger partial charge in [0, 0.05) is 23.2 Å². The van der Waals surface area contributed by atoms with Gasteiger partial charge >= 0.3 is 0 Å². The molecule has 0 saturated carbocycles. The van der Waals surface area contributed by atoms with Gasteiger partial charge in [-0.15, -0.1) is 0 Å². The summed E-state index contributed by atoms with van der Waals surface area (Å²) >= 11 is 0. The van der Waals surface area contributed by atoms with Crippen LogP contribution in [0.3, 0.4) is 0 Å². The predicted octanol–water partition coefficient (Wildman–Crippen LogP) is 2.12. The van der Waals surface area contributed by atoms with Crippen molar-refractivity contribution in [2.24, 2.45) is 0 Å². The fourth-order valence-electron chi connectivity index (χ4n) is 2.77. The molecule has 23 heavy (non-hydrogen) atoms. The Morgan fingerprint density at radius 2 is 1.83 bits per heavy atom. The lowest BCUT2D eigenvalue weighted by atomic mass is 10.0. The Morgan fingerprint density at radius 1 is 1.13 bits per heavy atom. The van der Waals surface area contributed by atoms with E-state index in [1.807, 2.05) is 36.4 Å². The maximum atomic E-state index is 12.3. The molecule has 2 aromatic carbocycles. The van der Waals surface area contributed by atoms with Crippen LogP contribution in [0.25, 0.3) is 0 Å². The van der Waals surface area contributed by atoms with Crippen LogP contribution in [0.5, 0.6) is 0 Å². The largest absolute Gasteiger partial charge is 0.394 e. The second kappa shape index (κ2) is 6.91. The SMILES string of the molecule is O=C(Nc1ccccc1[C@H]1C[C@H](O)[C@@H](CO)O1)c1ccccc1. The molecule has 0 aliphatic carbocycles. The second-order valence-corrected chi connectivity index (χ2v) is 5.56. The molecule has 1 aliphatic rings. The van der Waals surface area contributed by atoms with Crippen molar-refractivity contribution in [1.82, 2.24) is 0 Å². The van der Waals surface area contributed by atoms with Gasteiger partial charge in [0.25, 0.3) is 5.91 Å². The average Bonchev–Trinajstić information content (AvgIpc) is 2.97. The van der Waals surface area contributed by atoms with Crippen molar-refractivity contribution in [3.8, 4) is 0 Å². The van der Waals surface area contributed by atoms with Gasteiger partial charge in [-0.2, -0.15) is 0 Å². The number of hydrogen-bond acceptors (Lipinski definition) is 4. The molecular formula is C18H19NO4. The Hall–Kier alpha value is -2.21. The summed E-state index contributed by atoms with van der Waals surface area (Å²) in [5, 5.41) is 22.0. The molecule has 120 valence electrons. The number of benzene rings is 2. The Kier molecular flexibility index (Phi) is 4.71. The highest BCUT2D eigenvalue weighted by Crippen LogP contribution is 2.36. The normalized spacial score (nSPS) is 23.7. The lowest BCUT2D eigenvalue weighted by Gasteiger charge is -2.17. The molecule has 2 aromatic rings. The van der Waals surface area contributed by atoms with Gasteiger partial charge in [0.1, 0.15) is 6.10 Å². The molecular weight excluding hydrogens is 294 g/mol. The van der Waals surface area contributed by atoms with Crippen molar-refractivity contribution in [2.75, 3.05) is 11.9 Å². The minimum atomic E-state index is -0.706. The third-order valence-corrected chi connectivity index (χ3v) is 4.00. The second-order valence-electron chi connectivity index (χ2n) is 5.56. The molecule has 5 nitrogen and oxygen atoms in total. The Balaban J connectivity index is 1.80. The van der Waals surface area contributed by atoms with Crippen molar-refractivity contribution in [3.05, 3.63) is 65.7 Å². The molecule has 1 fully saturated rings. The molecule has 3 atom stereocenters. The minimum Gasteiger partial charge on any atom is -0.394 e. The number of aliphatic hydroxyl groups excluding tert-OH is 2. The summed E-state index contributed by atoms with van der Waals surface area (Å²) in [6, 6.07) is 16.3. The summed E-state index contributed by atoms with van der Waals surface area (Å²) in [6.07, 6.45) is -1.25. The molecule has 0 radical (unpaired) electrons. The van der Waals surface area contributed by atoms with Gasteiger partial charge in [0.05, 0.1) is 18.8 Å². The van der Waals surface area contributed by atoms with Crippen molar-refractivity contribution < 1.29 is 19.7 Å². The van der Waals surface area contributed by atoms with Crippen LogP contribution in [0.1, 0.15) is 28.4 Å². The van der Waals surface area contributed by atoms with Crippen molar-refractivity contribution >= 4 is 11.6 Å². The first-order chi connectivity index (χ1) is 11.2. The van der Waals surface area contributed by atoms with E-state index >= 15 is 0 Å². The van der Waals surface area contributed by atoms with Crippen LogP contribution in [-0.4, -0.2) is 34.9 Å². The van der Waals surface area contributed by atoms with E-state index in [4.69, 9.17) is 4.74 Å². The van der Waals surface area contributed by atoms with Crippen LogP contribution in [-0.2, 0) is 4.74 Å². The van der Waals surface area contributed by atoms with Gasteiger partial charge in [0.15, 0.2) is 0 Å². The highest BCUT2D eigenvalue weighted by Gasteiger charge is 2.35. The van der Waals surface area contributed by atoms with Crippen molar-refractivity contribution in [1.29, 1.82) is 0 Å². The number of amides is 1. The third-order valence-electron chi connectivity index (χ3n) is 4.00. The summed E-state index contributed by atoms with van der Waals surface area (Å²) in [7, 11) is 0. The fourth-order valence-corrected chi connectivity index (χ4v) is 2.77. The average molecular weight is 313 g/mol. The minimum absolute atomic E-state index is 0.199. The van der Waals surface area contributed by atoms with Crippen LogP contribution >= 0.6 is 0 Å². The maximum Gasteiger partial charge on any atom is 0.255 e. The van der Waals surface area contributed by atoms with Gasteiger partial charge in [-0.3, -0.25) is 4.79 Å². The number of anilines is 1. The first-order valence-electron chi connectivity index (χ1n) is 7.58. The molecule has 1 saturated heterocycles. The number of hydrogen-bond donors (Lipinski definition) is 3. The number of aliphatic hydroxyl groups is 2. The number of nitrogens with one attached hydrogen (secondary N) is 1. The van der Waals surface area contributed by atoms with Gasteiger partial charge in [-0.05, 0) is 18.2 Å². The van der Waals surface area contributed by atoms with E-state index < -0.39 is 12.2 Å². The van der Waals surface area contributed by atoms with E-state index in [1.165, 1.54) is 0 Å². The molecule has 0 bridgehead atoms. The molecule has 3 N–H and O–H groups in total. The van der Waals surface area contributed by atoms with Gasteiger partial charge < -0.3 is 20.3 Å². The zero-order chi connectivity index (χ0) is 16.2. The lowest BCUT2D eigenvalue weighted by molar-refractivity contribution is -0.0223. The summed E-state index contributed by atoms with van der Waals surface area (Å²) in [4.78, 5) is 12.3. The Labute approximate surface area is 134 Å². The molecule has 0 unspecified atom stereocenters. The van der Waals surface area contributed by atoms with E-state index in [2.05, 4.69) is 5.32 Å². The van der Waals surface area contributed by atoms with Crippen LogP contribution in [0.2, 0.25) is 0 Å². The topological polar surface area (TPSA) is 78.8 Å². The number of ether oxygens (including phenoxy) is 1. The molecule has 0 aromatic heterocycles. The zero-order valence-electron chi connectivity index (χ0n) is 12.6. The van der Waals surface area contributed by atoms with Crippen LogP contribution in [0.4, 0.5) is 5.69 Å². The molecule has 5 heteroatoms. The quantitative estimate of drug-likeness (QED) is 0.808. The van der Waals surface area contributed by atoms with Gasteiger partial charge in [0.2, 0.25) is 0 Å². The zero-order valence-corrected chi connectivity index (χ0v) is 12.6. The maximum absolute atomic E-state index is 12.3. The van der Waals surface area contributed by atoms with Gasteiger partial charge in [-0.25, -0.2) is 0 Å². The first-order valence-corrected chi connectivity index (χ1v) is 7.58. The Morgan fingerprint density at radius 3 is 2.52 bits per heavy atom. The summed E-state index contributed by atoms with van der Waals surface area (Å²) in [5.74, 6) is -0.199. The van der Waals surface area contributed by atoms with Crippen LogP contribution in [0.15, 0.2) is 54.6 Å². The number of carbonyl (C=O) groups is 1. The monoisotopic (exact) mass is 313 g/mol. The van der Waals surface area contributed by atoms with E-state index in [9.17, 15) is 15.0 Å². The molecule has 1 aliphatic heterocycles. The summed E-state index contributed by atoms with van der Waals surface area (Å²) < 4.78 is 5.69. The molecule has 1 amide bonds. The standard InChI is InChI=1S/C18H19NO4/c20-11-17-15(21)10-16(23-17)13-8-4-5-9-14(13)19-18(22)12-6-2-1-3-7-12/h1-9,15-17,20-21H,10-11H2,(H,19,22)/t15-,16+,17+/m0/s1. The third kappa shape index (κ3) is 3.42. The number of para-hydroxylation sites is 1. The fraction of sp³-hybridized carbons (Fsp3) is 0.278. The van der Waals surface area contributed by atoms with Crippen molar-refractivity contribution in [2.45, 2.75) is 24.7 Å². The predicted molar refractivity (Wildman–Crippen MR) is 86.2 cm³/mol. The molecule has 3 rings (SSSR count). The highest BCUT2D eigenvalue weighted by atomic mass is 16.5.